The molecule has 0 bridgehead atoms. The smallest absolute Gasteiger partial charge is 0.192 e. The Labute approximate surface area is 282 Å². The molecule has 0 fully saturated rings. The first-order chi connectivity index (χ1) is 23.6. The van der Waals surface area contributed by atoms with E-state index in [1.54, 1.807) is 28.4 Å². The third kappa shape index (κ3) is 7.35. The lowest BCUT2D eigenvalue weighted by Gasteiger charge is -2.26. The second-order valence-electron chi connectivity index (χ2n) is 11.0. The van der Waals surface area contributed by atoms with Gasteiger partial charge in [-0.2, -0.15) is 0 Å². The summed E-state index contributed by atoms with van der Waals surface area (Å²) >= 11 is 0. The minimum absolute atomic E-state index is 0.816. The second kappa shape index (κ2) is 15.1. The molecule has 0 aromatic heterocycles. The van der Waals surface area contributed by atoms with Crippen molar-refractivity contribution in [2.45, 2.75) is 0 Å². The van der Waals surface area contributed by atoms with Crippen molar-refractivity contribution in [2.75, 3.05) is 33.3 Å². The van der Waals surface area contributed by atoms with E-state index < -0.39 is 0 Å². The quantitative estimate of drug-likeness (QED) is 0.0990. The summed E-state index contributed by atoms with van der Waals surface area (Å²) in [5, 5.41) is 0. The van der Waals surface area contributed by atoms with Gasteiger partial charge in [-0.3, -0.25) is 0 Å². The van der Waals surface area contributed by atoms with Crippen LogP contribution in [0.25, 0.3) is 12.2 Å². The fourth-order valence-electron chi connectivity index (χ4n) is 5.48. The first-order valence-electron chi connectivity index (χ1n) is 15.6. The Bertz CT molecular complexity index is 1680. The molecule has 1 radical (unpaired) electrons. The molecule has 6 nitrogen and oxygen atoms in total. The molecule has 0 saturated carbocycles. The van der Waals surface area contributed by atoms with Gasteiger partial charge in [-0.15, -0.1) is 0 Å². The number of ether oxygens (including phenoxy) is 4. The molecule has 48 heavy (non-hydrogen) atoms. The molecule has 6 aromatic carbocycles. The van der Waals surface area contributed by atoms with Crippen molar-refractivity contribution in [3.63, 3.8) is 0 Å². The Balaban J connectivity index is 1.23. The summed E-state index contributed by atoms with van der Waals surface area (Å²) < 4.78 is 21.6. The van der Waals surface area contributed by atoms with Crippen LogP contribution >= 0.6 is 0 Å². The Hall–Kier alpha value is -5.98. The van der Waals surface area contributed by atoms with Crippen LogP contribution in [0.1, 0.15) is 11.1 Å². The lowest BCUT2D eigenvalue weighted by atomic mass is 10.1. The fraction of sp³-hybridized carbons (Fsp3) is 0.0952. The maximum absolute atomic E-state index is 5.39. The Morgan fingerprint density at radius 1 is 0.354 bits per heavy atom. The SMILES string of the molecule is COc1ccc(N(c2ccc(/C=C/c3ccc([N+](c4ccc(OC)cc4)c4ccc(OC)cc4)cc3)cc2)c2ccc(OC)cc2)cc1. The van der Waals surface area contributed by atoms with E-state index in [2.05, 4.69) is 119 Å². The molecule has 0 spiro atoms. The topological polar surface area (TPSA) is 46.1 Å². The van der Waals surface area contributed by atoms with Crippen molar-refractivity contribution >= 4 is 46.3 Å². The number of methoxy groups -OCH3 is 4. The van der Waals surface area contributed by atoms with Crippen LogP contribution in [0.4, 0.5) is 34.1 Å². The first-order valence-corrected chi connectivity index (χ1v) is 15.6. The van der Waals surface area contributed by atoms with E-state index in [4.69, 9.17) is 18.9 Å². The van der Waals surface area contributed by atoms with Gasteiger partial charge in [0.05, 0.1) is 28.4 Å². The van der Waals surface area contributed by atoms with Gasteiger partial charge in [-0.05, 0) is 108 Å². The Morgan fingerprint density at radius 3 is 0.917 bits per heavy atom. The van der Waals surface area contributed by atoms with Crippen LogP contribution in [0, 0.1) is 0 Å². The van der Waals surface area contributed by atoms with Gasteiger partial charge in [0, 0.05) is 53.5 Å². The van der Waals surface area contributed by atoms with Crippen LogP contribution in [0.15, 0.2) is 146 Å². The zero-order valence-corrected chi connectivity index (χ0v) is 27.5. The van der Waals surface area contributed by atoms with Crippen LogP contribution in [-0.2, 0) is 0 Å². The average Bonchev–Trinajstić information content (AvgIpc) is 3.16. The van der Waals surface area contributed by atoms with Crippen molar-refractivity contribution in [1.82, 2.24) is 4.90 Å². The Kier molecular flexibility index (Phi) is 10.0. The molecule has 0 aliphatic carbocycles. The summed E-state index contributed by atoms with van der Waals surface area (Å²) in [5.74, 6) is 3.26. The van der Waals surface area contributed by atoms with Crippen LogP contribution in [0.3, 0.4) is 0 Å². The highest BCUT2D eigenvalue weighted by molar-refractivity contribution is 5.79. The zero-order valence-electron chi connectivity index (χ0n) is 27.5. The fourth-order valence-corrected chi connectivity index (χ4v) is 5.48. The molecule has 6 aromatic rings. The molecule has 0 N–H and O–H groups in total. The zero-order chi connectivity index (χ0) is 33.3. The lowest BCUT2D eigenvalue weighted by molar-refractivity contribution is 0.414. The third-order valence-electron chi connectivity index (χ3n) is 8.09. The van der Waals surface area contributed by atoms with Gasteiger partial charge < -0.3 is 23.8 Å². The van der Waals surface area contributed by atoms with Crippen LogP contribution < -0.4 is 28.7 Å². The average molecular weight is 635 g/mol. The largest absolute Gasteiger partial charge is 0.497 e. The van der Waals surface area contributed by atoms with Gasteiger partial charge in [-0.1, -0.05) is 29.2 Å². The number of anilines is 6. The minimum Gasteiger partial charge on any atom is -0.497 e. The van der Waals surface area contributed by atoms with E-state index in [-0.39, 0.29) is 0 Å². The van der Waals surface area contributed by atoms with Crippen molar-refractivity contribution < 1.29 is 18.9 Å². The van der Waals surface area contributed by atoms with Gasteiger partial charge in [0.25, 0.3) is 0 Å². The predicted molar refractivity (Wildman–Crippen MR) is 197 cm³/mol. The molecule has 0 saturated heterocycles. The van der Waals surface area contributed by atoms with E-state index in [0.717, 1.165) is 68.2 Å². The highest BCUT2D eigenvalue weighted by Crippen LogP contribution is 2.37. The number of rotatable bonds is 12. The maximum Gasteiger partial charge on any atom is 0.192 e. The maximum atomic E-state index is 5.39. The number of benzene rings is 6. The van der Waals surface area contributed by atoms with Crippen molar-refractivity contribution in [3.8, 4) is 23.0 Å². The molecule has 0 amide bonds. The Morgan fingerprint density at radius 2 is 0.604 bits per heavy atom. The van der Waals surface area contributed by atoms with Gasteiger partial charge in [0.2, 0.25) is 0 Å². The van der Waals surface area contributed by atoms with Crippen molar-refractivity contribution in [3.05, 3.63) is 157 Å². The van der Waals surface area contributed by atoms with Crippen LogP contribution in [0.5, 0.6) is 23.0 Å². The van der Waals surface area contributed by atoms with E-state index >= 15 is 0 Å². The summed E-state index contributed by atoms with van der Waals surface area (Å²) in [6.07, 6.45) is 4.27. The third-order valence-corrected chi connectivity index (χ3v) is 8.09. The van der Waals surface area contributed by atoms with E-state index in [1.165, 1.54) is 0 Å². The lowest BCUT2D eigenvalue weighted by Crippen LogP contribution is -2.11. The highest BCUT2D eigenvalue weighted by atomic mass is 16.5. The molecule has 0 aliphatic heterocycles. The number of nitrogens with zero attached hydrogens (tertiary/aromatic N) is 2. The molecule has 0 atom stereocenters. The molecular weight excluding hydrogens is 596 g/mol. The summed E-state index contributed by atoms with van der Waals surface area (Å²) in [4.78, 5) is 4.42. The van der Waals surface area contributed by atoms with Crippen LogP contribution in [0.2, 0.25) is 0 Å². The van der Waals surface area contributed by atoms with Gasteiger partial charge in [0.1, 0.15) is 23.0 Å². The molecule has 0 unspecified atom stereocenters. The van der Waals surface area contributed by atoms with E-state index in [0.29, 0.717) is 0 Å². The molecule has 6 heteroatoms. The van der Waals surface area contributed by atoms with E-state index in [1.807, 2.05) is 48.5 Å². The standard InChI is InChI=1S/C42H38N2O4/c1-45-39-23-15-35(16-24-39)43(36-17-25-40(46-2)26-18-36)33-11-7-31(8-12-33)5-6-32-9-13-34(14-10-32)44(37-19-27-41(47-3)28-20-37)38-21-29-42(48-4)30-22-38/h5-30H,1-4H3/q+1/b6-5+. The highest BCUT2D eigenvalue weighted by Gasteiger charge is 2.26. The van der Waals surface area contributed by atoms with Crippen molar-refractivity contribution in [1.29, 1.82) is 0 Å². The minimum atomic E-state index is 0.816. The molecule has 239 valence electrons. The van der Waals surface area contributed by atoms with Gasteiger partial charge in [-0.25, -0.2) is 0 Å². The van der Waals surface area contributed by atoms with Crippen molar-refractivity contribution in [2.24, 2.45) is 0 Å². The summed E-state index contributed by atoms with van der Waals surface area (Å²) in [6, 6.07) is 49.4. The predicted octanol–water partition coefficient (Wildman–Crippen LogP) is 10.8. The number of hydrogen-bond acceptors (Lipinski definition) is 6. The van der Waals surface area contributed by atoms with E-state index in [9.17, 15) is 0 Å². The van der Waals surface area contributed by atoms with Gasteiger partial charge in [0.15, 0.2) is 17.1 Å². The molecule has 0 heterocycles. The first kappa shape index (κ1) is 32.0. The van der Waals surface area contributed by atoms with Crippen LogP contribution in [-0.4, -0.2) is 28.4 Å². The summed E-state index contributed by atoms with van der Waals surface area (Å²) in [5.41, 5.74) is 8.42. The number of hydrogen-bond donors (Lipinski definition) is 0. The normalized spacial score (nSPS) is 11.0. The monoisotopic (exact) mass is 634 g/mol. The van der Waals surface area contributed by atoms with Gasteiger partial charge >= 0.3 is 0 Å². The summed E-state index contributed by atoms with van der Waals surface area (Å²) in [6.45, 7) is 0. The molecule has 0 aliphatic rings. The molecular formula is C42H38N2O4+. The molecule has 6 rings (SSSR count). The summed E-state index contributed by atoms with van der Waals surface area (Å²) in [7, 11) is 6.71. The second-order valence-corrected chi connectivity index (χ2v) is 11.0.